The van der Waals surface area contributed by atoms with Crippen LogP contribution in [0.25, 0.3) is 22.2 Å². The maximum atomic E-state index is 13.1. The van der Waals surface area contributed by atoms with Gasteiger partial charge in [0.05, 0.1) is 12.0 Å². The van der Waals surface area contributed by atoms with E-state index >= 15 is 0 Å². The van der Waals surface area contributed by atoms with Gasteiger partial charge in [-0.25, -0.2) is 4.39 Å². The van der Waals surface area contributed by atoms with E-state index in [1.807, 2.05) is 0 Å². The fourth-order valence-corrected chi connectivity index (χ4v) is 3.36. The summed E-state index contributed by atoms with van der Waals surface area (Å²) in [5, 5.41) is 11.0. The number of hydrogen-bond acceptors (Lipinski definition) is 7. The van der Waals surface area contributed by atoms with Crippen molar-refractivity contribution < 1.29 is 22.9 Å². The van der Waals surface area contributed by atoms with Crippen molar-refractivity contribution in [2.45, 2.75) is 13.0 Å². The first-order valence-corrected chi connectivity index (χ1v) is 9.72. The van der Waals surface area contributed by atoms with E-state index in [-0.39, 0.29) is 17.5 Å². The van der Waals surface area contributed by atoms with Gasteiger partial charge in [0.1, 0.15) is 16.7 Å². The van der Waals surface area contributed by atoms with E-state index in [9.17, 15) is 14.0 Å². The highest BCUT2D eigenvalue weighted by Gasteiger charge is 2.21. The summed E-state index contributed by atoms with van der Waals surface area (Å²) in [6.45, 7) is 1.56. The molecule has 0 unspecified atom stereocenters. The average molecular weight is 426 g/mol. The minimum atomic E-state index is -0.812. The van der Waals surface area contributed by atoms with Crippen LogP contribution < -0.4 is 10.6 Å². The van der Waals surface area contributed by atoms with Gasteiger partial charge in [0.2, 0.25) is 11.7 Å². The highest BCUT2D eigenvalue weighted by molar-refractivity contribution is 7.14. The standard InChI is InChI=1S/C20H15FN4O4S/c1-11(22-19(27)15-3-2-9-28-15)18(26)23-14-8-10-30-16(14)20-24-17(25-29-20)12-4-6-13(21)7-5-12/h2-11H,1H3,(H,22,27)(H,23,26)/t11-/m0/s1. The number of nitrogens with one attached hydrogen (secondary N) is 2. The van der Waals surface area contributed by atoms with Crippen molar-refractivity contribution in [3.63, 3.8) is 0 Å². The summed E-state index contributed by atoms with van der Waals surface area (Å²) in [6.07, 6.45) is 1.38. The predicted octanol–water partition coefficient (Wildman–Crippen LogP) is 3.95. The second-order valence-corrected chi connectivity index (χ2v) is 7.17. The number of anilines is 1. The van der Waals surface area contributed by atoms with Crippen molar-refractivity contribution in [2.24, 2.45) is 0 Å². The third kappa shape index (κ3) is 4.13. The van der Waals surface area contributed by atoms with Crippen LogP contribution in [0.4, 0.5) is 10.1 Å². The number of rotatable bonds is 6. The normalized spacial score (nSPS) is 11.8. The lowest BCUT2D eigenvalue weighted by Gasteiger charge is -2.13. The van der Waals surface area contributed by atoms with Gasteiger partial charge >= 0.3 is 0 Å². The third-order valence-corrected chi connectivity index (χ3v) is 5.03. The molecule has 0 aliphatic rings. The molecule has 0 radical (unpaired) electrons. The lowest BCUT2D eigenvalue weighted by Crippen LogP contribution is -2.41. The van der Waals surface area contributed by atoms with Crippen LogP contribution in [0, 0.1) is 5.82 Å². The number of furan rings is 1. The Labute approximate surface area is 173 Å². The third-order valence-electron chi connectivity index (χ3n) is 4.13. The van der Waals surface area contributed by atoms with Gasteiger partial charge in [0.25, 0.3) is 11.8 Å². The average Bonchev–Trinajstić information content (AvgIpc) is 3.49. The summed E-state index contributed by atoms with van der Waals surface area (Å²) in [5.41, 5.74) is 1.07. The molecule has 1 atom stereocenters. The van der Waals surface area contributed by atoms with Crippen LogP contribution in [0.5, 0.6) is 0 Å². The molecule has 4 rings (SSSR count). The highest BCUT2D eigenvalue weighted by Crippen LogP contribution is 2.33. The zero-order valence-electron chi connectivity index (χ0n) is 15.6. The summed E-state index contributed by atoms with van der Waals surface area (Å²) in [5.74, 6) is -0.646. The molecule has 10 heteroatoms. The molecule has 0 aliphatic heterocycles. The number of amides is 2. The number of carbonyl (C=O) groups excluding carboxylic acids is 2. The number of nitrogens with zero attached hydrogens (tertiary/aromatic N) is 2. The molecule has 8 nitrogen and oxygen atoms in total. The summed E-state index contributed by atoms with van der Waals surface area (Å²) in [7, 11) is 0. The second kappa shape index (κ2) is 8.29. The Morgan fingerprint density at radius 2 is 1.97 bits per heavy atom. The molecule has 0 bridgehead atoms. The monoisotopic (exact) mass is 426 g/mol. The lowest BCUT2D eigenvalue weighted by atomic mass is 10.2. The van der Waals surface area contributed by atoms with Gasteiger partial charge in [-0.3, -0.25) is 9.59 Å². The Kier molecular flexibility index (Phi) is 5.40. The van der Waals surface area contributed by atoms with Crippen molar-refractivity contribution in [1.82, 2.24) is 15.5 Å². The number of aromatic nitrogens is 2. The van der Waals surface area contributed by atoms with E-state index in [0.29, 0.717) is 22.0 Å². The largest absolute Gasteiger partial charge is 0.459 e. The molecule has 1 aromatic carbocycles. The summed E-state index contributed by atoms with van der Waals surface area (Å²) >= 11 is 1.31. The Hall–Kier alpha value is -3.79. The maximum Gasteiger partial charge on any atom is 0.287 e. The first kappa shape index (κ1) is 19.5. The molecule has 3 aromatic heterocycles. The minimum absolute atomic E-state index is 0.116. The first-order valence-electron chi connectivity index (χ1n) is 8.84. The van der Waals surface area contributed by atoms with E-state index in [2.05, 4.69) is 20.8 Å². The van der Waals surface area contributed by atoms with Crippen LogP contribution in [-0.2, 0) is 4.79 Å². The SMILES string of the molecule is C[C@H](NC(=O)c1ccco1)C(=O)Nc1ccsc1-c1nc(-c2ccc(F)cc2)no1. The van der Waals surface area contributed by atoms with Crippen molar-refractivity contribution >= 4 is 28.8 Å². The van der Waals surface area contributed by atoms with E-state index in [0.717, 1.165) is 0 Å². The smallest absolute Gasteiger partial charge is 0.287 e. The molecule has 152 valence electrons. The maximum absolute atomic E-state index is 13.1. The van der Waals surface area contributed by atoms with Gasteiger partial charge in [-0.15, -0.1) is 11.3 Å². The van der Waals surface area contributed by atoms with Crippen LogP contribution >= 0.6 is 11.3 Å². The van der Waals surface area contributed by atoms with Gasteiger partial charge in [-0.05, 0) is 54.8 Å². The van der Waals surface area contributed by atoms with E-state index < -0.39 is 17.9 Å². The zero-order valence-corrected chi connectivity index (χ0v) is 16.4. The van der Waals surface area contributed by atoms with E-state index in [1.54, 1.807) is 36.6 Å². The molecule has 0 fully saturated rings. The van der Waals surface area contributed by atoms with Crippen LogP contribution in [0.15, 0.2) is 63.0 Å². The molecule has 0 saturated carbocycles. The summed E-state index contributed by atoms with van der Waals surface area (Å²) in [6, 6.07) is 9.68. The molecule has 0 spiro atoms. The van der Waals surface area contributed by atoms with Crippen molar-refractivity contribution in [3.8, 4) is 22.2 Å². The minimum Gasteiger partial charge on any atom is -0.459 e. The van der Waals surface area contributed by atoms with Crippen molar-refractivity contribution in [3.05, 3.63) is 65.7 Å². The number of thiophene rings is 1. The number of halogens is 1. The topological polar surface area (TPSA) is 110 Å². The fourth-order valence-electron chi connectivity index (χ4n) is 2.59. The Morgan fingerprint density at radius 1 is 1.17 bits per heavy atom. The van der Waals surface area contributed by atoms with E-state index in [4.69, 9.17) is 8.94 Å². The highest BCUT2D eigenvalue weighted by atomic mass is 32.1. The van der Waals surface area contributed by atoms with Crippen LogP contribution in [-0.4, -0.2) is 28.0 Å². The Balaban J connectivity index is 1.46. The van der Waals surface area contributed by atoms with Crippen LogP contribution in [0.3, 0.4) is 0 Å². The van der Waals surface area contributed by atoms with Gasteiger partial charge in [-0.2, -0.15) is 4.98 Å². The summed E-state index contributed by atoms with van der Waals surface area (Å²) < 4.78 is 23.4. The number of carbonyl (C=O) groups is 2. The fraction of sp³-hybridized carbons (Fsp3) is 0.100. The molecule has 0 saturated heterocycles. The quantitative estimate of drug-likeness (QED) is 0.483. The van der Waals surface area contributed by atoms with Gasteiger partial charge < -0.3 is 19.6 Å². The number of benzene rings is 1. The molecule has 3 heterocycles. The van der Waals surface area contributed by atoms with Crippen molar-refractivity contribution in [2.75, 3.05) is 5.32 Å². The van der Waals surface area contributed by atoms with E-state index in [1.165, 1.54) is 35.8 Å². The zero-order chi connectivity index (χ0) is 21.1. The molecular weight excluding hydrogens is 411 g/mol. The lowest BCUT2D eigenvalue weighted by molar-refractivity contribution is -0.117. The Bertz CT molecular complexity index is 1170. The van der Waals surface area contributed by atoms with Crippen LogP contribution in [0.2, 0.25) is 0 Å². The van der Waals surface area contributed by atoms with Crippen LogP contribution in [0.1, 0.15) is 17.5 Å². The van der Waals surface area contributed by atoms with Gasteiger partial charge in [0.15, 0.2) is 5.76 Å². The molecular formula is C20H15FN4O4S. The molecule has 2 amide bonds. The first-order chi connectivity index (χ1) is 14.5. The summed E-state index contributed by atoms with van der Waals surface area (Å²) in [4.78, 5) is 29.4. The number of hydrogen-bond donors (Lipinski definition) is 2. The predicted molar refractivity (Wildman–Crippen MR) is 107 cm³/mol. The molecule has 4 aromatic rings. The van der Waals surface area contributed by atoms with Gasteiger partial charge in [0, 0.05) is 5.56 Å². The second-order valence-electron chi connectivity index (χ2n) is 6.26. The van der Waals surface area contributed by atoms with Crippen molar-refractivity contribution in [1.29, 1.82) is 0 Å². The molecule has 2 N–H and O–H groups in total. The molecule has 0 aliphatic carbocycles. The van der Waals surface area contributed by atoms with Gasteiger partial charge in [-0.1, -0.05) is 5.16 Å². The Morgan fingerprint density at radius 3 is 2.70 bits per heavy atom. The molecule has 30 heavy (non-hydrogen) atoms.